The second-order valence-electron chi connectivity index (χ2n) is 4.67. The number of rotatable bonds is 10. The van der Waals surface area contributed by atoms with Crippen molar-refractivity contribution in [1.82, 2.24) is 5.32 Å². The highest BCUT2D eigenvalue weighted by atomic mass is 32.2. The summed E-state index contributed by atoms with van der Waals surface area (Å²) in [5, 5.41) is 21.8. The molecular formula is C13H26N2OS. The average Bonchev–Trinajstić information content (AvgIpc) is 2.32. The predicted molar refractivity (Wildman–Crippen MR) is 75.2 cm³/mol. The average molecular weight is 258 g/mol. The zero-order chi connectivity index (χ0) is 13.1. The van der Waals surface area contributed by atoms with Crippen LogP contribution in [0.2, 0.25) is 0 Å². The summed E-state index contributed by atoms with van der Waals surface area (Å²) < 4.78 is 0. The summed E-state index contributed by atoms with van der Waals surface area (Å²) in [6, 6.07) is 2.37. The van der Waals surface area contributed by atoms with E-state index in [1.807, 2.05) is 18.7 Å². The van der Waals surface area contributed by atoms with Crippen LogP contribution < -0.4 is 5.32 Å². The quantitative estimate of drug-likeness (QED) is 0.591. The van der Waals surface area contributed by atoms with Crippen molar-refractivity contribution in [2.24, 2.45) is 0 Å². The minimum absolute atomic E-state index is 0.266. The molecule has 0 bridgehead atoms. The molecule has 0 heterocycles. The number of hydrogen-bond acceptors (Lipinski definition) is 4. The highest BCUT2D eigenvalue weighted by Crippen LogP contribution is 2.18. The first kappa shape index (κ1) is 16.8. The topological polar surface area (TPSA) is 56.0 Å². The third kappa shape index (κ3) is 8.48. The van der Waals surface area contributed by atoms with Crippen LogP contribution in [-0.4, -0.2) is 34.8 Å². The predicted octanol–water partition coefficient (Wildman–Crippen LogP) is 2.55. The summed E-state index contributed by atoms with van der Waals surface area (Å²) in [6.07, 6.45) is 3.84. The molecule has 0 aromatic rings. The monoisotopic (exact) mass is 258 g/mol. The minimum atomic E-state index is -0.378. The maximum atomic E-state index is 9.15. The molecule has 0 radical (unpaired) electrons. The van der Waals surface area contributed by atoms with Gasteiger partial charge in [-0.25, -0.2) is 0 Å². The summed E-state index contributed by atoms with van der Waals surface area (Å²) in [5.41, 5.74) is -0.378. The van der Waals surface area contributed by atoms with E-state index >= 15 is 0 Å². The van der Waals surface area contributed by atoms with Crippen LogP contribution in [0.4, 0.5) is 0 Å². The van der Waals surface area contributed by atoms with Crippen molar-refractivity contribution in [2.45, 2.75) is 57.2 Å². The van der Waals surface area contributed by atoms with E-state index in [1.165, 1.54) is 0 Å². The van der Waals surface area contributed by atoms with E-state index in [0.717, 1.165) is 38.0 Å². The van der Waals surface area contributed by atoms with Gasteiger partial charge in [-0.3, -0.25) is 5.32 Å². The molecule has 0 aliphatic heterocycles. The standard InChI is InChI=1S/C13H26N2OS/c1-4-8-15-13(3,11-14)7-5-10-17-12(2)6-9-16/h12,15-16H,4-10H2,1-3H3. The SMILES string of the molecule is CCCNC(C)(C#N)CCCSC(C)CCO. The van der Waals surface area contributed by atoms with E-state index in [-0.39, 0.29) is 12.1 Å². The van der Waals surface area contributed by atoms with Crippen LogP contribution in [0.15, 0.2) is 0 Å². The Morgan fingerprint density at radius 2 is 2.24 bits per heavy atom. The van der Waals surface area contributed by atoms with Gasteiger partial charge in [0.15, 0.2) is 0 Å². The van der Waals surface area contributed by atoms with Crippen LogP contribution in [0.5, 0.6) is 0 Å². The van der Waals surface area contributed by atoms with Gasteiger partial charge in [0.05, 0.1) is 6.07 Å². The zero-order valence-corrected chi connectivity index (χ0v) is 12.1. The number of hydrogen-bond donors (Lipinski definition) is 2. The van der Waals surface area contributed by atoms with E-state index in [0.29, 0.717) is 5.25 Å². The molecule has 17 heavy (non-hydrogen) atoms. The van der Waals surface area contributed by atoms with Gasteiger partial charge in [-0.15, -0.1) is 0 Å². The van der Waals surface area contributed by atoms with E-state index in [1.54, 1.807) is 0 Å². The van der Waals surface area contributed by atoms with Gasteiger partial charge >= 0.3 is 0 Å². The lowest BCUT2D eigenvalue weighted by Gasteiger charge is -2.23. The number of nitriles is 1. The van der Waals surface area contributed by atoms with Gasteiger partial charge in [-0.05, 0) is 44.9 Å². The molecule has 2 unspecified atom stereocenters. The van der Waals surface area contributed by atoms with Crippen molar-refractivity contribution in [3.05, 3.63) is 0 Å². The summed E-state index contributed by atoms with van der Waals surface area (Å²) in [6.45, 7) is 7.39. The fraction of sp³-hybridized carbons (Fsp3) is 0.923. The number of nitrogens with one attached hydrogen (secondary N) is 1. The first-order chi connectivity index (χ1) is 8.08. The molecule has 3 nitrogen and oxygen atoms in total. The van der Waals surface area contributed by atoms with Gasteiger partial charge in [0.1, 0.15) is 5.54 Å². The molecule has 0 spiro atoms. The molecule has 0 rings (SSSR count). The molecule has 0 aromatic carbocycles. The first-order valence-corrected chi connectivity index (χ1v) is 7.51. The molecule has 0 aromatic heterocycles. The lowest BCUT2D eigenvalue weighted by molar-refractivity contribution is 0.289. The normalized spacial score (nSPS) is 16.2. The molecule has 100 valence electrons. The largest absolute Gasteiger partial charge is 0.396 e. The molecule has 0 saturated heterocycles. The van der Waals surface area contributed by atoms with Gasteiger partial charge in [-0.1, -0.05) is 13.8 Å². The Balaban J connectivity index is 3.73. The molecule has 0 aliphatic carbocycles. The van der Waals surface area contributed by atoms with Gasteiger partial charge < -0.3 is 5.11 Å². The summed E-state index contributed by atoms with van der Waals surface area (Å²) >= 11 is 1.88. The lowest BCUT2D eigenvalue weighted by atomic mass is 9.98. The number of thioether (sulfide) groups is 1. The smallest absolute Gasteiger partial charge is 0.103 e. The van der Waals surface area contributed by atoms with Crippen LogP contribution in [0.3, 0.4) is 0 Å². The third-order valence-corrected chi connectivity index (χ3v) is 4.10. The summed E-state index contributed by atoms with van der Waals surface area (Å²) in [4.78, 5) is 0. The van der Waals surface area contributed by atoms with Gasteiger partial charge in [0.25, 0.3) is 0 Å². The molecule has 0 fully saturated rings. The zero-order valence-electron chi connectivity index (χ0n) is 11.3. The van der Waals surface area contributed by atoms with Crippen LogP contribution >= 0.6 is 11.8 Å². The van der Waals surface area contributed by atoms with Crippen LogP contribution in [-0.2, 0) is 0 Å². The lowest BCUT2D eigenvalue weighted by Crippen LogP contribution is -2.41. The van der Waals surface area contributed by atoms with E-state index in [9.17, 15) is 0 Å². The van der Waals surface area contributed by atoms with Crippen molar-refractivity contribution < 1.29 is 5.11 Å². The Bertz CT molecular complexity index is 230. The molecule has 4 heteroatoms. The van der Waals surface area contributed by atoms with Gasteiger partial charge in [0.2, 0.25) is 0 Å². The van der Waals surface area contributed by atoms with E-state index < -0.39 is 0 Å². The van der Waals surface area contributed by atoms with Crippen molar-refractivity contribution in [3.8, 4) is 6.07 Å². The molecule has 2 atom stereocenters. The Kier molecular flexibility index (Phi) is 9.62. The van der Waals surface area contributed by atoms with E-state index in [2.05, 4.69) is 25.2 Å². The maximum absolute atomic E-state index is 9.15. The van der Waals surface area contributed by atoms with Gasteiger partial charge in [-0.2, -0.15) is 17.0 Å². The van der Waals surface area contributed by atoms with Crippen molar-refractivity contribution in [1.29, 1.82) is 5.26 Å². The third-order valence-electron chi connectivity index (χ3n) is 2.77. The summed E-state index contributed by atoms with van der Waals surface area (Å²) in [7, 11) is 0. The molecule has 2 N–H and O–H groups in total. The Labute approximate surface area is 110 Å². The summed E-state index contributed by atoms with van der Waals surface area (Å²) in [5.74, 6) is 1.06. The first-order valence-electron chi connectivity index (χ1n) is 6.46. The minimum Gasteiger partial charge on any atom is -0.396 e. The second-order valence-corrected chi connectivity index (χ2v) is 6.21. The molecule has 0 saturated carbocycles. The number of nitrogens with zero attached hydrogens (tertiary/aromatic N) is 1. The van der Waals surface area contributed by atoms with E-state index in [4.69, 9.17) is 10.4 Å². The fourth-order valence-corrected chi connectivity index (χ4v) is 2.55. The van der Waals surface area contributed by atoms with Crippen molar-refractivity contribution in [3.63, 3.8) is 0 Å². The maximum Gasteiger partial charge on any atom is 0.103 e. The molecule has 0 amide bonds. The Hall–Kier alpha value is -0.240. The van der Waals surface area contributed by atoms with Crippen LogP contribution in [0.1, 0.15) is 46.5 Å². The second kappa shape index (κ2) is 9.76. The van der Waals surface area contributed by atoms with Crippen LogP contribution in [0, 0.1) is 11.3 Å². The molecule has 0 aliphatic rings. The highest BCUT2D eigenvalue weighted by molar-refractivity contribution is 7.99. The van der Waals surface area contributed by atoms with Crippen molar-refractivity contribution >= 4 is 11.8 Å². The van der Waals surface area contributed by atoms with Crippen LogP contribution in [0.25, 0.3) is 0 Å². The van der Waals surface area contributed by atoms with Gasteiger partial charge in [0, 0.05) is 11.9 Å². The number of aliphatic hydroxyl groups excluding tert-OH is 1. The Morgan fingerprint density at radius 1 is 1.53 bits per heavy atom. The highest BCUT2D eigenvalue weighted by Gasteiger charge is 2.21. The fourth-order valence-electron chi connectivity index (χ4n) is 1.56. The molecular weight excluding hydrogens is 232 g/mol. The Morgan fingerprint density at radius 3 is 2.76 bits per heavy atom. The number of aliphatic hydroxyl groups is 1. The van der Waals surface area contributed by atoms with Crippen molar-refractivity contribution in [2.75, 3.05) is 18.9 Å².